The zero-order valence-electron chi connectivity index (χ0n) is 11.3. The van der Waals surface area contributed by atoms with E-state index in [0.29, 0.717) is 17.9 Å². The molecule has 0 saturated carbocycles. The fraction of sp³-hybridized carbons (Fsp3) is 0.929. The molecule has 0 aromatic carbocycles. The highest BCUT2D eigenvalue weighted by Crippen LogP contribution is 2.29. The average molecular weight is 225 g/mol. The highest BCUT2D eigenvalue weighted by Gasteiger charge is 2.33. The minimum absolute atomic E-state index is 0.383. The SMILES string of the molecule is CCCCN1C(=O)CCC1C(C)CC(C)C. The van der Waals surface area contributed by atoms with Crippen molar-refractivity contribution in [2.24, 2.45) is 11.8 Å². The van der Waals surface area contributed by atoms with Crippen molar-refractivity contribution in [1.82, 2.24) is 4.90 Å². The van der Waals surface area contributed by atoms with E-state index in [0.717, 1.165) is 31.7 Å². The molecule has 2 unspecified atom stereocenters. The molecule has 1 aliphatic rings. The van der Waals surface area contributed by atoms with E-state index in [4.69, 9.17) is 0 Å². The molecule has 0 aromatic heterocycles. The Labute approximate surface area is 100 Å². The zero-order chi connectivity index (χ0) is 12.1. The molecule has 1 fully saturated rings. The molecule has 1 rings (SSSR count). The summed E-state index contributed by atoms with van der Waals surface area (Å²) in [6.45, 7) is 10.0. The molecular weight excluding hydrogens is 198 g/mol. The van der Waals surface area contributed by atoms with Crippen molar-refractivity contribution >= 4 is 5.91 Å². The number of carbonyl (C=O) groups is 1. The normalized spacial score (nSPS) is 23.2. The third kappa shape index (κ3) is 3.50. The monoisotopic (exact) mass is 225 g/mol. The molecule has 0 N–H and O–H groups in total. The van der Waals surface area contributed by atoms with Gasteiger partial charge in [-0.05, 0) is 31.1 Å². The Bertz CT molecular complexity index is 225. The Balaban J connectivity index is 2.53. The molecule has 2 nitrogen and oxygen atoms in total. The van der Waals surface area contributed by atoms with Crippen LogP contribution in [0.3, 0.4) is 0 Å². The second-order valence-corrected chi connectivity index (χ2v) is 5.65. The van der Waals surface area contributed by atoms with E-state index in [1.807, 2.05) is 0 Å². The van der Waals surface area contributed by atoms with Crippen molar-refractivity contribution < 1.29 is 4.79 Å². The molecule has 2 heteroatoms. The average Bonchev–Trinajstić information content (AvgIpc) is 2.56. The van der Waals surface area contributed by atoms with Crippen molar-refractivity contribution in [3.8, 4) is 0 Å². The summed E-state index contributed by atoms with van der Waals surface area (Å²) in [5.74, 6) is 1.77. The maximum Gasteiger partial charge on any atom is 0.222 e. The van der Waals surface area contributed by atoms with Gasteiger partial charge in [0.25, 0.3) is 0 Å². The van der Waals surface area contributed by atoms with E-state index in [1.54, 1.807) is 0 Å². The first-order valence-corrected chi connectivity index (χ1v) is 6.85. The van der Waals surface area contributed by atoms with E-state index in [-0.39, 0.29) is 0 Å². The molecule has 1 heterocycles. The fourth-order valence-electron chi connectivity index (χ4n) is 2.87. The number of nitrogens with zero attached hydrogens (tertiary/aromatic N) is 1. The highest BCUT2D eigenvalue weighted by molar-refractivity contribution is 5.78. The summed E-state index contributed by atoms with van der Waals surface area (Å²) >= 11 is 0. The molecule has 94 valence electrons. The fourth-order valence-corrected chi connectivity index (χ4v) is 2.87. The summed E-state index contributed by atoms with van der Waals surface area (Å²) in [7, 11) is 0. The summed E-state index contributed by atoms with van der Waals surface area (Å²) in [4.78, 5) is 14.0. The van der Waals surface area contributed by atoms with Crippen molar-refractivity contribution in [3.05, 3.63) is 0 Å². The number of likely N-dealkylation sites (tertiary alicyclic amines) is 1. The quantitative estimate of drug-likeness (QED) is 0.678. The molecule has 1 amide bonds. The number of unbranched alkanes of at least 4 members (excludes halogenated alkanes) is 1. The molecule has 1 saturated heterocycles. The number of rotatable bonds is 6. The minimum Gasteiger partial charge on any atom is -0.339 e. The molecule has 0 bridgehead atoms. The first-order valence-electron chi connectivity index (χ1n) is 6.85. The Morgan fingerprint density at radius 3 is 2.62 bits per heavy atom. The molecule has 2 atom stereocenters. The van der Waals surface area contributed by atoms with Gasteiger partial charge in [0, 0.05) is 19.0 Å². The van der Waals surface area contributed by atoms with Crippen LogP contribution < -0.4 is 0 Å². The van der Waals surface area contributed by atoms with Crippen LogP contribution in [-0.2, 0) is 4.79 Å². The van der Waals surface area contributed by atoms with Gasteiger partial charge >= 0.3 is 0 Å². The van der Waals surface area contributed by atoms with Crippen LogP contribution in [0.1, 0.15) is 59.8 Å². The summed E-state index contributed by atoms with van der Waals surface area (Å²) < 4.78 is 0. The standard InChI is InChI=1S/C14H27NO/c1-5-6-9-15-13(7-8-14(15)16)12(4)10-11(2)3/h11-13H,5-10H2,1-4H3. The number of amides is 1. The summed E-state index contributed by atoms with van der Waals surface area (Å²) in [5, 5.41) is 0. The Kier molecular flexibility index (Phi) is 5.30. The van der Waals surface area contributed by atoms with Crippen LogP contribution in [-0.4, -0.2) is 23.4 Å². The Morgan fingerprint density at radius 2 is 2.06 bits per heavy atom. The Morgan fingerprint density at radius 1 is 1.38 bits per heavy atom. The Hall–Kier alpha value is -0.530. The van der Waals surface area contributed by atoms with Crippen LogP contribution in [0.5, 0.6) is 0 Å². The molecule has 0 aromatic rings. The number of hydrogen-bond acceptors (Lipinski definition) is 1. The van der Waals surface area contributed by atoms with Gasteiger partial charge in [-0.15, -0.1) is 0 Å². The van der Waals surface area contributed by atoms with Gasteiger partial charge in [-0.2, -0.15) is 0 Å². The lowest BCUT2D eigenvalue weighted by molar-refractivity contribution is -0.129. The topological polar surface area (TPSA) is 20.3 Å². The van der Waals surface area contributed by atoms with Gasteiger partial charge in [0.2, 0.25) is 5.91 Å². The van der Waals surface area contributed by atoms with E-state index in [1.165, 1.54) is 12.8 Å². The summed E-state index contributed by atoms with van der Waals surface area (Å²) in [6.07, 6.45) is 5.42. The lowest BCUT2D eigenvalue weighted by Crippen LogP contribution is -2.38. The van der Waals surface area contributed by atoms with E-state index < -0.39 is 0 Å². The molecular formula is C14H27NO. The number of hydrogen-bond donors (Lipinski definition) is 0. The van der Waals surface area contributed by atoms with Crippen LogP contribution in [0.4, 0.5) is 0 Å². The summed E-state index contributed by atoms with van der Waals surface area (Å²) in [6, 6.07) is 0.515. The second kappa shape index (κ2) is 6.27. The maximum absolute atomic E-state index is 11.8. The van der Waals surface area contributed by atoms with Crippen molar-refractivity contribution in [1.29, 1.82) is 0 Å². The third-order valence-electron chi connectivity index (χ3n) is 3.63. The van der Waals surface area contributed by atoms with Gasteiger partial charge in [-0.3, -0.25) is 4.79 Å². The van der Waals surface area contributed by atoms with Crippen LogP contribution in [0.25, 0.3) is 0 Å². The minimum atomic E-state index is 0.383. The molecule has 0 aliphatic carbocycles. The summed E-state index contributed by atoms with van der Waals surface area (Å²) in [5.41, 5.74) is 0. The van der Waals surface area contributed by atoms with Crippen molar-refractivity contribution in [2.75, 3.05) is 6.54 Å². The van der Waals surface area contributed by atoms with Gasteiger partial charge < -0.3 is 4.90 Å². The van der Waals surface area contributed by atoms with Crippen LogP contribution in [0, 0.1) is 11.8 Å². The highest BCUT2D eigenvalue weighted by atomic mass is 16.2. The van der Waals surface area contributed by atoms with Crippen LogP contribution in [0.2, 0.25) is 0 Å². The van der Waals surface area contributed by atoms with Gasteiger partial charge in [0.05, 0.1) is 0 Å². The number of carbonyl (C=O) groups excluding carboxylic acids is 1. The van der Waals surface area contributed by atoms with E-state index in [2.05, 4.69) is 32.6 Å². The maximum atomic E-state index is 11.8. The second-order valence-electron chi connectivity index (χ2n) is 5.65. The predicted octanol–water partition coefficient (Wildman–Crippen LogP) is 3.46. The molecule has 1 aliphatic heterocycles. The van der Waals surface area contributed by atoms with Crippen molar-refractivity contribution in [3.63, 3.8) is 0 Å². The molecule has 0 spiro atoms. The predicted molar refractivity (Wildman–Crippen MR) is 68.3 cm³/mol. The van der Waals surface area contributed by atoms with Crippen molar-refractivity contribution in [2.45, 2.75) is 65.8 Å². The first kappa shape index (κ1) is 13.5. The van der Waals surface area contributed by atoms with Gasteiger partial charge in [0.15, 0.2) is 0 Å². The van der Waals surface area contributed by atoms with Crippen LogP contribution in [0.15, 0.2) is 0 Å². The van der Waals surface area contributed by atoms with E-state index in [9.17, 15) is 4.79 Å². The third-order valence-corrected chi connectivity index (χ3v) is 3.63. The lowest BCUT2D eigenvalue weighted by Gasteiger charge is -2.30. The lowest BCUT2D eigenvalue weighted by atomic mass is 9.90. The largest absolute Gasteiger partial charge is 0.339 e. The smallest absolute Gasteiger partial charge is 0.222 e. The van der Waals surface area contributed by atoms with Gasteiger partial charge in [-0.1, -0.05) is 34.1 Å². The van der Waals surface area contributed by atoms with Crippen LogP contribution >= 0.6 is 0 Å². The van der Waals surface area contributed by atoms with E-state index >= 15 is 0 Å². The first-order chi connectivity index (χ1) is 7.56. The molecule has 16 heavy (non-hydrogen) atoms. The van der Waals surface area contributed by atoms with Gasteiger partial charge in [-0.25, -0.2) is 0 Å². The van der Waals surface area contributed by atoms with Gasteiger partial charge in [0.1, 0.15) is 0 Å². The zero-order valence-corrected chi connectivity index (χ0v) is 11.3. The molecule has 0 radical (unpaired) electrons.